The fourth-order valence-electron chi connectivity index (χ4n) is 3.46. The van der Waals surface area contributed by atoms with Crippen molar-refractivity contribution in [3.05, 3.63) is 107 Å². The van der Waals surface area contributed by atoms with Crippen molar-refractivity contribution in [1.29, 1.82) is 0 Å². The molecule has 1 amide bonds. The van der Waals surface area contributed by atoms with E-state index in [-0.39, 0.29) is 5.91 Å². The molecular formula is C24H23NOS. The van der Waals surface area contributed by atoms with Gasteiger partial charge in [-0.3, -0.25) is 4.79 Å². The second kappa shape index (κ2) is 8.45. The first-order valence-electron chi connectivity index (χ1n) is 9.36. The van der Waals surface area contributed by atoms with Gasteiger partial charge in [-0.25, -0.2) is 0 Å². The first kappa shape index (κ1) is 17.9. The lowest BCUT2D eigenvalue weighted by atomic mass is 9.99. The summed E-state index contributed by atoms with van der Waals surface area (Å²) in [7, 11) is 0. The minimum absolute atomic E-state index is 0.132. The highest BCUT2D eigenvalue weighted by molar-refractivity contribution is 7.97. The number of nitrogens with zero attached hydrogens (tertiary/aromatic N) is 1. The molecule has 27 heavy (non-hydrogen) atoms. The van der Waals surface area contributed by atoms with Crippen LogP contribution in [0.15, 0.2) is 78.9 Å². The van der Waals surface area contributed by atoms with E-state index in [1.807, 2.05) is 34.9 Å². The number of thioether (sulfide) groups is 1. The normalized spacial score (nSPS) is 13.3. The zero-order valence-electron chi connectivity index (χ0n) is 15.3. The van der Waals surface area contributed by atoms with E-state index in [9.17, 15) is 4.79 Å². The number of hydrogen-bond acceptors (Lipinski definition) is 2. The van der Waals surface area contributed by atoms with E-state index >= 15 is 0 Å². The van der Waals surface area contributed by atoms with Gasteiger partial charge in [0.1, 0.15) is 0 Å². The van der Waals surface area contributed by atoms with Gasteiger partial charge < -0.3 is 4.90 Å². The third-order valence-electron chi connectivity index (χ3n) is 5.00. The zero-order chi connectivity index (χ0) is 18.5. The van der Waals surface area contributed by atoms with Crippen LogP contribution in [-0.2, 0) is 24.5 Å². The molecule has 0 saturated heterocycles. The highest BCUT2D eigenvalue weighted by Gasteiger charge is 2.21. The molecule has 0 radical (unpaired) electrons. The van der Waals surface area contributed by atoms with E-state index in [0.29, 0.717) is 6.54 Å². The maximum atomic E-state index is 12.8. The first-order valence-corrected chi connectivity index (χ1v) is 10.5. The summed E-state index contributed by atoms with van der Waals surface area (Å²) in [4.78, 5) is 14.8. The number of hydrogen-bond donors (Lipinski definition) is 0. The number of amides is 1. The van der Waals surface area contributed by atoms with Gasteiger partial charge in [-0.05, 0) is 40.8 Å². The minimum atomic E-state index is 0.132. The Bertz CT molecular complexity index is 905. The van der Waals surface area contributed by atoms with Gasteiger partial charge in [-0.15, -0.1) is 0 Å². The Balaban J connectivity index is 1.34. The minimum Gasteiger partial charge on any atom is -0.334 e. The Morgan fingerprint density at radius 3 is 2.15 bits per heavy atom. The van der Waals surface area contributed by atoms with Crippen molar-refractivity contribution in [2.45, 2.75) is 24.5 Å². The molecule has 2 nitrogen and oxygen atoms in total. The standard InChI is InChI=1S/C24H23NOS/c26-24(25-15-14-21-8-4-5-9-23(21)16-25)22-12-10-20(11-13-22)18-27-17-19-6-2-1-3-7-19/h1-13H,14-18H2. The van der Waals surface area contributed by atoms with Gasteiger partial charge in [0.25, 0.3) is 5.91 Å². The molecule has 0 N–H and O–H groups in total. The average Bonchev–Trinajstić information content (AvgIpc) is 2.74. The topological polar surface area (TPSA) is 20.3 Å². The lowest BCUT2D eigenvalue weighted by Gasteiger charge is -2.29. The van der Waals surface area contributed by atoms with E-state index in [4.69, 9.17) is 0 Å². The Morgan fingerprint density at radius 2 is 1.41 bits per heavy atom. The SMILES string of the molecule is O=C(c1ccc(CSCc2ccccc2)cc1)N1CCc2ccccc2C1. The van der Waals surface area contributed by atoms with E-state index < -0.39 is 0 Å². The molecule has 3 aromatic rings. The number of fused-ring (bicyclic) bond motifs is 1. The molecule has 1 aliphatic heterocycles. The fourth-order valence-corrected chi connectivity index (χ4v) is 4.41. The lowest BCUT2D eigenvalue weighted by Crippen LogP contribution is -2.35. The van der Waals surface area contributed by atoms with Crippen LogP contribution in [0.3, 0.4) is 0 Å². The molecule has 0 bridgehead atoms. The number of carbonyl (C=O) groups is 1. The molecule has 136 valence electrons. The molecule has 0 spiro atoms. The summed E-state index contributed by atoms with van der Waals surface area (Å²) in [5.41, 5.74) is 6.03. The van der Waals surface area contributed by atoms with Crippen LogP contribution < -0.4 is 0 Å². The average molecular weight is 374 g/mol. The van der Waals surface area contributed by atoms with Gasteiger partial charge in [0, 0.05) is 30.2 Å². The van der Waals surface area contributed by atoms with Gasteiger partial charge >= 0.3 is 0 Å². The van der Waals surface area contributed by atoms with Crippen LogP contribution in [0, 0.1) is 0 Å². The van der Waals surface area contributed by atoms with Gasteiger partial charge in [0.2, 0.25) is 0 Å². The molecule has 0 atom stereocenters. The van der Waals surface area contributed by atoms with E-state index in [1.165, 1.54) is 22.3 Å². The zero-order valence-corrected chi connectivity index (χ0v) is 16.1. The quantitative estimate of drug-likeness (QED) is 0.603. The first-order chi connectivity index (χ1) is 13.3. The summed E-state index contributed by atoms with van der Waals surface area (Å²) in [6, 6.07) is 27.1. The predicted molar refractivity (Wildman–Crippen MR) is 113 cm³/mol. The Morgan fingerprint density at radius 1 is 0.778 bits per heavy atom. The smallest absolute Gasteiger partial charge is 0.254 e. The van der Waals surface area contributed by atoms with Crippen molar-refractivity contribution in [2.75, 3.05) is 6.54 Å². The Kier molecular flexibility index (Phi) is 5.59. The molecule has 3 heteroatoms. The van der Waals surface area contributed by atoms with Gasteiger partial charge in [-0.2, -0.15) is 11.8 Å². The molecule has 0 aliphatic carbocycles. The molecule has 4 rings (SSSR count). The summed E-state index contributed by atoms with van der Waals surface area (Å²) in [5, 5.41) is 0. The lowest BCUT2D eigenvalue weighted by molar-refractivity contribution is 0.0734. The third kappa shape index (κ3) is 4.42. The maximum Gasteiger partial charge on any atom is 0.254 e. The molecular weight excluding hydrogens is 350 g/mol. The highest BCUT2D eigenvalue weighted by Crippen LogP contribution is 2.22. The van der Waals surface area contributed by atoms with Gasteiger partial charge in [0.05, 0.1) is 0 Å². The summed E-state index contributed by atoms with van der Waals surface area (Å²) < 4.78 is 0. The number of carbonyl (C=O) groups excluding carboxylic acids is 1. The van der Waals surface area contributed by atoms with Crippen LogP contribution in [0.2, 0.25) is 0 Å². The van der Waals surface area contributed by atoms with E-state index in [1.54, 1.807) is 0 Å². The van der Waals surface area contributed by atoms with Crippen LogP contribution in [-0.4, -0.2) is 17.4 Å². The Hall–Kier alpha value is -2.52. The van der Waals surface area contributed by atoms with Crippen LogP contribution in [0.5, 0.6) is 0 Å². The molecule has 0 unspecified atom stereocenters. The Labute approximate surface area is 165 Å². The molecule has 1 heterocycles. The highest BCUT2D eigenvalue weighted by atomic mass is 32.2. The molecule has 1 aliphatic rings. The second-order valence-electron chi connectivity index (χ2n) is 6.92. The van der Waals surface area contributed by atoms with Crippen molar-refractivity contribution in [3.63, 3.8) is 0 Å². The van der Waals surface area contributed by atoms with Gasteiger partial charge in [-0.1, -0.05) is 66.7 Å². The largest absolute Gasteiger partial charge is 0.334 e. The summed E-state index contributed by atoms with van der Waals surface area (Å²) in [5.74, 6) is 2.10. The van der Waals surface area contributed by atoms with Crippen molar-refractivity contribution in [1.82, 2.24) is 4.90 Å². The monoisotopic (exact) mass is 373 g/mol. The van der Waals surface area contributed by atoms with Gasteiger partial charge in [0.15, 0.2) is 0 Å². The molecule has 0 saturated carbocycles. The van der Waals surface area contributed by atoms with Crippen molar-refractivity contribution in [2.24, 2.45) is 0 Å². The van der Waals surface area contributed by atoms with Crippen LogP contribution in [0.25, 0.3) is 0 Å². The fraction of sp³-hybridized carbons (Fsp3) is 0.208. The second-order valence-corrected chi connectivity index (χ2v) is 7.91. The van der Waals surface area contributed by atoms with Crippen molar-refractivity contribution >= 4 is 17.7 Å². The summed E-state index contributed by atoms with van der Waals surface area (Å²) >= 11 is 1.90. The van der Waals surface area contributed by atoms with Crippen LogP contribution >= 0.6 is 11.8 Å². The predicted octanol–water partition coefficient (Wildman–Crippen LogP) is 5.32. The summed E-state index contributed by atoms with van der Waals surface area (Å²) in [6.07, 6.45) is 0.941. The molecule has 3 aromatic carbocycles. The number of benzene rings is 3. The number of rotatable bonds is 5. The van der Waals surface area contributed by atoms with E-state index in [0.717, 1.165) is 30.0 Å². The third-order valence-corrected chi connectivity index (χ3v) is 6.07. The van der Waals surface area contributed by atoms with Crippen molar-refractivity contribution < 1.29 is 4.79 Å². The van der Waals surface area contributed by atoms with E-state index in [2.05, 4.69) is 60.7 Å². The van der Waals surface area contributed by atoms with Crippen LogP contribution in [0.1, 0.15) is 32.6 Å². The van der Waals surface area contributed by atoms with Crippen LogP contribution in [0.4, 0.5) is 0 Å². The summed E-state index contributed by atoms with van der Waals surface area (Å²) in [6.45, 7) is 1.51. The molecule has 0 aromatic heterocycles. The van der Waals surface area contributed by atoms with Crippen molar-refractivity contribution in [3.8, 4) is 0 Å². The molecule has 0 fully saturated rings. The maximum absolute atomic E-state index is 12.8.